The minimum absolute atomic E-state index is 0.317. The minimum atomic E-state index is 0.317. The molecule has 0 radical (unpaired) electrons. The normalized spacial score (nSPS) is 34.0. The molecule has 86 valence electrons. The topological polar surface area (TPSA) is 29.1 Å². The molecule has 0 unspecified atom stereocenters. The molecule has 15 heavy (non-hydrogen) atoms. The van der Waals surface area contributed by atoms with E-state index in [1.807, 2.05) is 0 Å². The Bertz CT molecular complexity index is 215. The van der Waals surface area contributed by atoms with Crippen LogP contribution >= 0.6 is 0 Å². The molecule has 1 amide bonds. The van der Waals surface area contributed by atoms with Crippen molar-refractivity contribution >= 4 is 5.91 Å². The van der Waals surface area contributed by atoms with Gasteiger partial charge in [-0.2, -0.15) is 0 Å². The zero-order valence-electron chi connectivity index (χ0n) is 9.63. The van der Waals surface area contributed by atoms with E-state index in [-0.39, 0.29) is 0 Å². The fourth-order valence-corrected chi connectivity index (χ4v) is 2.87. The molecule has 1 heterocycles. The number of hydrogen-bond donors (Lipinski definition) is 1. The first-order chi connectivity index (χ1) is 7.38. The number of rotatable bonds is 0. The van der Waals surface area contributed by atoms with Crippen LogP contribution in [0.3, 0.4) is 0 Å². The maximum Gasteiger partial charge on any atom is 0.225 e. The summed E-state index contributed by atoms with van der Waals surface area (Å²) in [5.41, 5.74) is 0. The van der Waals surface area contributed by atoms with Gasteiger partial charge in [-0.25, -0.2) is 0 Å². The van der Waals surface area contributed by atoms with Crippen LogP contribution < -0.4 is 5.32 Å². The molecular weight excluding hydrogens is 186 g/mol. The van der Waals surface area contributed by atoms with Crippen LogP contribution in [-0.4, -0.2) is 11.9 Å². The Morgan fingerprint density at radius 1 is 0.800 bits per heavy atom. The summed E-state index contributed by atoms with van der Waals surface area (Å²) in [6, 6.07) is 0.525. The predicted octanol–water partition coefficient (Wildman–Crippen LogP) is 3.02. The van der Waals surface area contributed by atoms with E-state index < -0.39 is 0 Å². The van der Waals surface area contributed by atoms with Crippen molar-refractivity contribution in [3.05, 3.63) is 0 Å². The van der Waals surface area contributed by atoms with E-state index >= 15 is 0 Å². The third kappa shape index (κ3) is 2.96. The SMILES string of the molecule is O=C1N[C@@H]2CCCCCCCCCC[C@@H]12. The van der Waals surface area contributed by atoms with E-state index in [1.165, 1.54) is 57.8 Å². The molecule has 0 aromatic carbocycles. The van der Waals surface area contributed by atoms with Gasteiger partial charge in [0.15, 0.2) is 0 Å². The Morgan fingerprint density at radius 3 is 1.93 bits per heavy atom. The second-order valence-electron chi connectivity index (χ2n) is 5.13. The van der Waals surface area contributed by atoms with Crippen LogP contribution in [0.1, 0.15) is 64.2 Å². The van der Waals surface area contributed by atoms with E-state index in [2.05, 4.69) is 5.32 Å². The van der Waals surface area contributed by atoms with Crippen LogP contribution in [-0.2, 0) is 4.79 Å². The third-order valence-electron chi connectivity index (χ3n) is 3.93. The lowest BCUT2D eigenvalue weighted by molar-refractivity contribution is -0.135. The molecule has 1 saturated heterocycles. The van der Waals surface area contributed by atoms with Crippen molar-refractivity contribution in [2.24, 2.45) is 5.92 Å². The van der Waals surface area contributed by atoms with Gasteiger partial charge in [-0.3, -0.25) is 4.79 Å². The van der Waals surface area contributed by atoms with Crippen molar-refractivity contribution in [2.75, 3.05) is 0 Å². The van der Waals surface area contributed by atoms with E-state index in [0.29, 0.717) is 17.9 Å². The largest absolute Gasteiger partial charge is 0.352 e. The van der Waals surface area contributed by atoms with Crippen LogP contribution in [0, 0.1) is 5.92 Å². The number of carbonyl (C=O) groups is 1. The number of hydrogen-bond acceptors (Lipinski definition) is 1. The van der Waals surface area contributed by atoms with Gasteiger partial charge in [-0.05, 0) is 12.8 Å². The number of fused-ring (bicyclic) bond motifs is 1. The molecule has 0 aromatic rings. The van der Waals surface area contributed by atoms with Crippen LogP contribution in [0.15, 0.2) is 0 Å². The number of amides is 1. The van der Waals surface area contributed by atoms with Gasteiger partial charge in [0.1, 0.15) is 0 Å². The number of nitrogens with one attached hydrogen (secondary N) is 1. The fourth-order valence-electron chi connectivity index (χ4n) is 2.87. The molecule has 1 saturated carbocycles. The van der Waals surface area contributed by atoms with Gasteiger partial charge in [0.25, 0.3) is 0 Å². The van der Waals surface area contributed by atoms with Crippen molar-refractivity contribution in [1.29, 1.82) is 0 Å². The van der Waals surface area contributed by atoms with Gasteiger partial charge in [-0.15, -0.1) is 0 Å². The first kappa shape index (κ1) is 11.0. The van der Waals surface area contributed by atoms with E-state index in [1.54, 1.807) is 0 Å². The average Bonchev–Trinajstić information content (AvgIpc) is 2.22. The first-order valence-corrected chi connectivity index (χ1v) is 6.68. The summed E-state index contributed by atoms with van der Waals surface area (Å²) in [6.45, 7) is 0. The Kier molecular flexibility index (Phi) is 4.04. The van der Waals surface area contributed by atoms with Crippen LogP contribution in [0.4, 0.5) is 0 Å². The average molecular weight is 209 g/mol. The summed E-state index contributed by atoms with van der Waals surface area (Å²) < 4.78 is 0. The zero-order valence-corrected chi connectivity index (χ0v) is 9.63. The molecule has 2 fully saturated rings. The zero-order chi connectivity index (χ0) is 10.5. The quantitative estimate of drug-likeness (QED) is 0.610. The Morgan fingerprint density at radius 2 is 1.33 bits per heavy atom. The minimum Gasteiger partial charge on any atom is -0.352 e. The second-order valence-corrected chi connectivity index (χ2v) is 5.13. The van der Waals surface area contributed by atoms with Crippen molar-refractivity contribution < 1.29 is 4.79 Å². The number of carbonyl (C=O) groups excluding carboxylic acids is 1. The molecule has 2 atom stereocenters. The maximum atomic E-state index is 11.4. The van der Waals surface area contributed by atoms with Crippen molar-refractivity contribution in [1.82, 2.24) is 5.32 Å². The summed E-state index contributed by atoms with van der Waals surface area (Å²) in [6.07, 6.45) is 13.2. The van der Waals surface area contributed by atoms with Crippen LogP contribution in [0.5, 0.6) is 0 Å². The molecule has 1 aliphatic heterocycles. The molecule has 0 aromatic heterocycles. The molecule has 2 aliphatic rings. The van der Waals surface area contributed by atoms with E-state index in [4.69, 9.17) is 0 Å². The molecule has 2 nitrogen and oxygen atoms in total. The highest BCUT2D eigenvalue weighted by atomic mass is 16.2. The summed E-state index contributed by atoms with van der Waals surface area (Å²) in [5, 5.41) is 3.06. The van der Waals surface area contributed by atoms with Gasteiger partial charge in [0.05, 0.1) is 5.92 Å². The first-order valence-electron chi connectivity index (χ1n) is 6.68. The summed E-state index contributed by atoms with van der Waals surface area (Å²) >= 11 is 0. The van der Waals surface area contributed by atoms with Crippen LogP contribution in [0.25, 0.3) is 0 Å². The van der Waals surface area contributed by atoms with Gasteiger partial charge in [0.2, 0.25) is 5.91 Å². The Hall–Kier alpha value is -0.530. The van der Waals surface area contributed by atoms with Gasteiger partial charge < -0.3 is 5.32 Å². The Balaban J connectivity index is 1.78. The van der Waals surface area contributed by atoms with Crippen molar-refractivity contribution in [3.63, 3.8) is 0 Å². The number of β-lactam (4-membered cyclic amide) rings is 1. The lowest BCUT2D eigenvalue weighted by atomic mass is 9.82. The summed E-state index contributed by atoms with van der Waals surface area (Å²) in [5.74, 6) is 0.682. The highest BCUT2D eigenvalue weighted by molar-refractivity contribution is 5.85. The maximum absolute atomic E-state index is 11.4. The van der Waals surface area contributed by atoms with Crippen molar-refractivity contribution in [2.45, 2.75) is 70.3 Å². The van der Waals surface area contributed by atoms with Gasteiger partial charge >= 0.3 is 0 Å². The lowest BCUT2D eigenvalue weighted by Crippen LogP contribution is -2.57. The molecule has 0 spiro atoms. The summed E-state index contributed by atoms with van der Waals surface area (Å²) in [4.78, 5) is 11.4. The van der Waals surface area contributed by atoms with Gasteiger partial charge in [-0.1, -0.05) is 51.4 Å². The van der Waals surface area contributed by atoms with Crippen molar-refractivity contribution in [3.8, 4) is 0 Å². The summed E-state index contributed by atoms with van der Waals surface area (Å²) in [7, 11) is 0. The predicted molar refractivity (Wildman–Crippen MR) is 61.6 cm³/mol. The Labute approximate surface area is 92.8 Å². The molecule has 1 aliphatic carbocycles. The van der Waals surface area contributed by atoms with Crippen LogP contribution in [0.2, 0.25) is 0 Å². The molecule has 2 heteroatoms. The highest BCUT2D eigenvalue weighted by Crippen LogP contribution is 2.27. The molecular formula is C13H23NO. The smallest absolute Gasteiger partial charge is 0.225 e. The highest BCUT2D eigenvalue weighted by Gasteiger charge is 2.37. The van der Waals surface area contributed by atoms with Gasteiger partial charge in [0, 0.05) is 6.04 Å². The molecule has 2 rings (SSSR count). The second kappa shape index (κ2) is 5.53. The fraction of sp³-hybridized carbons (Fsp3) is 0.923. The third-order valence-corrected chi connectivity index (χ3v) is 3.93. The molecule has 1 N–H and O–H groups in total. The monoisotopic (exact) mass is 209 g/mol. The van der Waals surface area contributed by atoms with E-state index in [0.717, 1.165) is 6.42 Å². The molecule has 0 bridgehead atoms. The lowest BCUT2D eigenvalue weighted by Gasteiger charge is -2.37. The van der Waals surface area contributed by atoms with E-state index in [9.17, 15) is 4.79 Å². The standard InChI is InChI=1S/C13H23NO/c15-13-11-9-7-5-3-1-2-4-6-8-10-12(11)14-13/h11-12H,1-10H2,(H,14,15)/t11-,12-/m1/s1.